The predicted molar refractivity (Wildman–Crippen MR) is 352 cm³/mol. The van der Waals surface area contributed by atoms with Crippen LogP contribution in [-0.2, 0) is 62.3 Å². The van der Waals surface area contributed by atoms with E-state index in [9.17, 15) is 104 Å². The number of halogens is 10. The number of anilines is 1. The maximum Gasteiger partial charge on any atom is 0.449 e. The molecule has 0 saturated carbocycles. The van der Waals surface area contributed by atoms with E-state index >= 15 is 0 Å². The van der Waals surface area contributed by atoms with Crippen LogP contribution in [0.25, 0.3) is 0 Å². The first-order valence-electron chi connectivity index (χ1n) is 28.4. The molecule has 0 saturated heterocycles. The summed E-state index contributed by atoms with van der Waals surface area (Å²) in [4.78, 5) is 94.5. The summed E-state index contributed by atoms with van der Waals surface area (Å²) in [5.41, 5.74) is 22.8. The number of nitro groups is 4. The molecular weight excluding hydrogens is 1490 g/mol. The first-order valence-corrected chi connectivity index (χ1v) is 31.2. The molecule has 0 aliphatic carbocycles. The van der Waals surface area contributed by atoms with Gasteiger partial charge in [-0.3, -0.25) is 54.8 Å². The number of ketones is 2. The normalized spacial score (nSPS) is 10.7. The number of carbonyl (C=O) groups is 5. The molecule has 0 bridgehead atoms. The van der Waals surface area contributed by atoms with Gasteiger partial charge in [-0.1, -0.05) is 0 Å². The third-order valence-corrected chi connectivity index (χ3v) is 16.8. The van der Waals surface area contributed by atoms with Crippen LogP contribution in [0.15, 0.2) is 91.0 Å². The van der Waals surface area contributed by atoms with Crippen molar-refractivity contribution in [2.45, 2.75) is 105 Å². The second-order valence-corrected chi connectivity index (χ2v) is 23.7. The monoisotopic (exact) mass is 1550 g/mol. The topological polar surface area (TPSA) is 424 Å². The number of nitriles is 1. The van der Waals surface area contributed by atoms with Crippen molar-refractivity contribution in [3.05, 3.63) is 191 Å². The van der Waals surface area contributed by atoms with Crippen LogP contribution >= 0.6 is 20.6 Å². The molecule has 0 spiro atoms. The number of hydrogen-bond donors (Lipinski definition) is 3. The van der Waals surface area contributed by atoms with Crippen molar-refractivity contribution >= 4 is 78.5 Å². The van der Waals surface area contributed by atoms with Crippen LogP contribution in [0.5, 0.6) is 28.7 Å². The molecule has 6 rings (SSSR count). The second-order valence-electron chi connectivity index (χ2n) is 20.3. The molecule has 6 N–H and O–H groups in total. The van der Waals surface area contributed by atoms with Crippen LogP contribution in [0.2, 0.25) is 0 Å². The van der Waals surface area contributed by atoms with Crippen molar-refractivity contribution in [2.75, 3.05) is 41.3 Å². The molecule has 0 unspecified atom stereocenters. The Labute approximate surface area is 577 Å². The quantitative estimate of drug-likeness (QED) is 0.0187. The summed E-state index contributed by atoms with van der Waals surface area (Å²) in [6.07, 6.45) is -15.9. The third-order valence-electron chi connectivity index (χ3n) is 13.2. The molecule has 1 amide bonds. The summed E-state index contributed by atoms with van der Waals surface area (Å²) in [6.45, 7) is 9.84. The van der Waals surface area contributed by atoms with Crippen molar-refractivity contribution in [1.29, 1.82) is 5.26 Å². The van der Waals surface area contributed by atoms with E-state index in [0.29, 0.717) is 45.8 Å². The number of nitrogens with two attached hydrogens (primary N) is 3. The summed E-state index contributed by atoms with van der Waals surface area (Å²) < 4.78 is 142. The van der Waals surface area contributed by atoms with Gasteiger partial charge in [0, 0.05) is 43.7 Å². The molecule has 0 heterocycles. The number of nitrogen functional groups attached to an aromatic ring is 1. The van der Waals surface area contributed by atoms with E-state index in [-0.39, 0.29) is 75.0 Å². The Bertz CT molecular complexity index is 3990. The molecule has 0 atom stereocenters. The number of benzene rings is 6. The minimum absolute atomic E-state index is 0.0147. The Hall–Kier alpha value is -11.0. The van der Waals surface area contributed by atoms with Gasteiger partial charge in [0.2, 0.25) is 17.5 Å². The second kappa shape index (κ2) is 40.8. The zero-order valence-electron chi connectivity index (χ0n) is 55.5. The zero-order chi connectivity index (χ0) is 77.6. The van der Waals surface area contributed by atoms with Gasteiger partial charge in [-0.25, -0.2) is 0 Å². The number of aryl methyl sites for hydroxylation is 7. The van der Waals surface area contributed by atoms with Gasteiger partial charge in [-0.15, -0.1) is 0 Å². The Morgan fingerprint density at radius 1 is 0.495 bits per heavy atom. The van der Waals surface area contributed by atoms with Crippen LogP contribution < -0.4 is 40.9 Å². The van der Waals surface area contributed by atoms with Crippen LogP contribution in [0.4, 0.5) is 68.0 Å². The maximum atomic E-state index is 12.1. The van der Waals surface area contributed by atoms with E-state index < -0.39 is 101 Å². The van der Waals surface area contributed by atoms with Gasteiger partial charge in [-0.2, -0.15) is 31.6 Å². The average Bonchev–Trinajstić information content (AvgIpc) is 0.846. The molecule has 6 aromatic rings. The number of carbonyl (C=O) groups excluding carboxylic acids is 5. The number of alkyl halides is 9. The first-order chi connectivity index (χ1) is 46.9. The van der Waals surface area contributed by atoms with Crippen LogP contribution in [0.1, 0.15) is 75.4 Å². The fraction of sp³-hybridized carbons (Fsp3) is 0.333. The van der Waals surface area contributed by atoms with Gasteiger partial charge in [0.15, 0.2) is 23.0 Å². The number of Topliss-reactive ketones (excluding diaryl/α,β-unsaturated/α-hetero) is 2. The van der Waals surface area contributed by atoms with Gasteiger partial charge < -0.3 is 40.9 Å². The number of nitrogens with zero attached hydrogens (tertiary/aromatic N) is 5. The Morgan fingerprint density at radius 2 is 0.822 bits per heavy atom. The summed E-state index contributed by atoms with van der Waals surface area (Å²) in [5.74, 6) is -6.25. The largest absolute Gasteiger partial charge is 0.495 e. The van der Waals surface area contributed by atoms with Gasteiger partial charge in [0.05, 0.1) is 79.8 Å². The van der Waals surface area contributed by atoms with Crippen molar-refractivity contribution in [3.63, 3.8) is 0 Å². The van der Waals surface area contributed by atoms with Crippen molar-refractivity contribution in [3.8, 4) is 34.8 Å². The van der Waals surface area contributed by atoms with E-state index in [1.165, 1.54) is 97.1 Å². The molecule has 0 radical (unpaired) electrons. The van der Waals surface area contributed by atoms with Crippen LogP contribution in [-0.4, -0.2) is 103 Å². The zero-order valence-corrected chi connectivity index (χ0v) is 57.7. The fourth-order valence-corrected chi connectivity index (χ4v) is 10.8. The third kappa shape index (κ3) is 29.2. The molecule has 6 aromatic carbocycles. The molecule has 38 heteroatoms. The van der Waals surface area contributed by atoms with E-state index in [2.05, 4.69) is 6.13 Å². The number of rotatable bonds is 22. The molecule has 0 aromatic heterocycles. The summed E-state index contributed by atoms with van der Waals surface area (Å²) in [6, 6.07) is 24.2. The minimum atomic E-state index is -5.11. The SMILES string of the molecule is CC(=O)OI(OC(=O)C(F)(F)F)c1ccccc1.COc1cc(CC#N)c(C)cc1[N+](=O)[O-].COc1cc(CC(N)=O)c(C)cc1[N+](=O)[O-].COc1cc(CCC(=O)C(F)(F)F)c(C)cc1N.COc1cc(CCC(=O)C(F)(F)F)c(C)cc1[N+](=O)[O-].COc1cc(CN)c(C)cc1[N+](=O)[O-]. The van der Waals surface area contributed by atoms with Crippen molar-refractivity contribution < 1.29 is 113 Å². The number of hydrogen-bond acceptors (Lipinski definition) is 23. The summed E-state index contributed by atoms with van der Waals surface area (Å²) in [5, 5.41) is 51.3. The number of primary amides is 1. The summed E-state index contributed by atoms with van der Waals surface area (Å²) >= 11 is -3.42. The molecule has 0 aliphatic rings. The Balaban J connectivity index is 0.000000608. The Kier molecular flexibility index (Phi) is 35.6. The first kappa shape index (κ1) is 88.0. The molecule has 0 fully saturated rings. The maximum absolute atomic E-state index is 12.1. The van der Waals surface area contributed by atoms with Crippen molar-refractivity contribution in [1.82, 2.24) is 0 Å². The predicted octanol–water partition coefficient (Wildman–Crippen LogP) is 12.8. The van der Waals surface area contributed by atoms with Gasteiger partial charge in [0.1, 0.15) is 5.75 Å². The molecule has 0 aliphatic heterocycles. The Morgan fingerprint density at radius 3 is 1.15 bits per heavy atom. The van der Waals surface area contributed by atoms with Gasteiger partial charge in [-0.05, 0) is 139 Å². The minimum Gasteiger partial charge on any atom is -0.495 e. The number of amides is 1. The van der Waals surface area contributed by atoms with E-state index in [4.69, 9.17) is 46.1 Å². The number of methoxy groups -OCH3 is 5. The molecular formula is C63H68F9IN8O20. The van der Waals surface area contributed by atoms with E-state index in [1.54, 1.807) is 64.1 Å². The number of nitro benzene ring substituents is 4. The average molecular weight is 1560 g/mol. The fourth-order valence-electron chi connectivity index (χ4n) is 8.03. The van der Waals surface area contributed by atoms with Gasteiger partial charge >= 0.3 is 144 Å². The van der Waals surface area contributed by atoms with Crippen LogP contribution in [0, 0.1) is 90.0 Å². The standard InChI is InChI=1S/C12H12F3NO4.C12H14F3NO2.C10H8F3IO4.C10H12N2O4.C10H10N2O3.C9H12N2O3/c1-7-5-9(16(18)19)10(20-2)6-8(7)3-4-11(17)12(13,14)15;1-7-5-9(16)10(18-2)6-8(7)3-4-11(17)12(13,14)15;1-7(15)17-14(8-5-3-2-4-6-8)18-9(16)10(11,12)13;1-6-3-8(12(14)15)9(16-2)4-7(6)5-10(11)13;1-7-5-9(12(13)14)10(15-2)6-8(7)3-4-11;1-6-3-8(11(12)13)9(14-2)4-7(6)5-10/h5-6H,3-4H2,1-2H3;5-6H,3-4,16H2,1-2H3;2-6H,1H3;3-4H,5H2,1-2H3,(H2,11,13);5-6H,3H2,1-2H3;3-4H,5,10H2,1-2H3. The van der Waals surface area contributed by atoms with E-state index in [0.717, 1.165) is 34.7 Å². The van der Waals surface area contributed by atoms with Crippen LogP contribution in [0.3, 0.4) is 0 Å². The molecule has 101 heavy (non-hydrogen) atoms. The molecule has 28 nitrogen and oxygen atoms in total. The summed E-state index contributed by atoms with van der Waals surface area (Å²) in [7, 11) is 6.76. The number of ether oxygens (including phenoxy) is 5. The van der Waals surface area contributed by atoms with Gasteiger partial charge in [0.25, 0.3) is 0 Å². The van der Waals surface area contributed by atoms with Crippen molar-refractivity contribution in [2.24, 2.45) is 11.5 Å². The molecule has 550 valence electrons. The van der Waals surface area contributed by atoms with E-state index in [1.807, 2.05) is 6.07 Å². The smallest absolute Gasteiger partial charge is 0.449 e.